The normalized spacial score (nSPS) is 19.5. The fourth-order valence-electron chi connectivity index (χ4n) is 3.58. The highest BCUT2D eigenvalue weighted by Crippen LogP contribution is 2.51. The monoisotopic (exact) mass is 453 g/mol. The van der Waals surface area contributed by atoms with Gasteiger partial charge in [0.25, 0.3) is 5.91 Å². The van der Waals surface area contributed by atoms with E-state index >= 15 is 0 Å². The number of amides is 1. The summed E-state index contributed by atoms with van der Waals surface area (Å²) >= 11 is 3.16. The van der Waals surface area contributed by atoms with Crippen LogP contribution < -0.4 is 9.64 Å². The molecule has 1 amide bonds. The number of methoxy groups -OCH3 is 1. The molecule has 0 aliphatic carbocycles. The number of rotatable bonds is 7. The van der Waals surface area contributed by atoms with Crippen LogP contribution in [0.2, 0.25) is 0 Å². The van der Waals surface area contributed by atoms with Gasteiger partial charge in [-0.3, -0.25) is 14.7 Å². The van der Waals surface area contributed by atoms with Crippen molar-refractivity contribution in [2.24, 2.45) is 4.99 Å². The van der Waals surface area contributed by atoms with Gasteiger partial charge in [-0.05, 0) is 42.8 Å². The van der Waals surface area contributed by atoms with E-state index in [0.29, 0.717) is 13.1 Å². The van der Waals surface area contributed by atoms with Gasteiger partial charge >= 0.3 is 0 Å². The molecule has 31 heavy (non-hydrogen) atoms. The molecular weight excluding hydrogens is 426 g/mol. The highest BCUT2D eigenvalue weighted by molar-refractivity contribution is 8.19. The Hall–Kier alpha value is -2.38. The topological polar surface area (TPSA) is 45.1 Å². The molecule has 0 saturated carbocycles. The van der Waals surface area contributed by atoms with Crippen molar-refractivity contribution in [3.63, 3.8) is 0 Å². The predicted molar refractivity (Wildman–Crippen MR) is 131 cm³/mol. The van der Waals surface area contributed by atoms with Crippen LogP contribution in [0.15, 0.2) is 68.4 Å². The van der Waals surface area contributed by atoms with Crippen molar-refractivity contribution in [1.82, 2.24) is 4.90 Å². The number of benzene rings is 2. The lowest BCUT2D eigenvalue weighted by molar-refractivity contribution is -0.122. The van der Waals surface area contributed by atoms with Crippen LogP contribution in [0.3, 0.4) is 0 Å². The number of fused-ring (bicyclic) bond motifs is 1. The van der Waals surface area contributed by atoms with E-state index in [-0.39, 0.29) is 5.91 Å². The molecule has 5 nitrogen and oxygen atoms in total. The first-order chi connectivity index (χ1) is 15.2. The molecular formula is C24H27N3O2S2. The van der Waals surface area contributed by atoms with Crippen molar-refractivity contribution in [1.29, 1.82) is 0 Å². The molecule has 0 N–H and O–H groups in total. The molecule has 0 unspecified atom stereocenters. The zero-order valence-electron chi connectivity index (χ0n) is 18.1. The maximum absolute atomic E-state index is 13.5. The van der Waals surface area contributed by atoms with E-state index in [1.54, 1.807) is 18.9 Å². The van der Waals surface area contributed by atoms with Crippen molar-refractivity contribution < 1.29 is 9.53 Å². The molecule has 0 bridgehead atoms. The smallest absolute Gasteiger partial charge is 0.269 e. The summed E-state index contributed by atoms with van der Waals surface area (Å²) in [5.74, 6) is 0.884. The zero-order chi connectivity index (χ0) is 21.8. The number of aliphatic imine (C=N–C) groups is 1. The molecule has 2 aromatic carbocycles. The van der Waals surface area contributed by atoms with E-state index in [1.165, 1.54) is 11.8 Å². The van der Waals surface area contributed by atoms with Crippen molar-refractivity contribution in [3.8, 4) is 5.75 Å². The lowest BCUT2D eigenvalue weighted by Gasteiger charge is -2.19. The van der Waals surface area contributed by atoms with Crippen molar-refractivity contribution in [2.75, 3.05) is 25.1 Å². The Balaban J connectivity index is 1.67. The fourth-order valence-corrected chi connectivity index (χ4v) is 5.96. The number of thioether (sulfide) groups is 2. The second kappa shape index (κ2) is 9.83. The third-order valence-corrected chi connectivity index (χ3v) is 7.67. The minimum absolute atomic E-state index is 0.0611. The first-order valence-corrected chi connectivity index (χ1v) is 12.2. The van der Waals surface area contributed by atoms with Crippen molar-refractivity contribution >= 4 is 40.3 Å². The molecule has 2 aliphatic rings. The highest BCUT2D eigenvalue weighted by Gasteiger charge is 2.39. The van der Waals surface area contributed by atoms with Crippen LogP contribution in [0.1, 0.15) is 32.3 Å². The summed E-state index contributed by atoms with van der Waals surface area (Å²) in [6.45, 7) is 6.31. The van der Waals surface area contributed by atoms with Gasteiger partial charge in [-0.1, -0.05) is 55.4 Å². The molecule has 1 fully saturated rings. The molecule has 2 heterocycles. The maximum atomic E-state index is 13.5. The van der Waals surface area contributed by atoms with Crippen LogP contribution in [0, 0.1) is 0 Å². The number of anilines is 1. The summed E-state index contributed by atoms with van der Waals surface area (Å²) in [6.07, 6.45) is 1.99. The van der Waals surface area contributed by atoms with E-state index in [0.717, 1.165) is 56.4 Å². The molecule has 162 valence electrons. The van der Waals surface area contributed by atoms with Gasteiger partial charge in [-0.2, -0.15) is 0 Å². The van der Waals surface area contributed by atoms with Crippen LogP contribution in [-0.2, 0) is 11.3 Å². The largest absolute Gasteiger partial charge is 0.497 e. The summed E-state index contributed by atoms with van der Waals surface area (Å²) in [6, 6.07) is 16.3. The second-order valence-corrected chi connectivity index (χ2v) is 9.32. The van der Waals surface area contributed by atoms with Gasteiger partial charge in [-0.25, -0.2) is 0 Å². The number of hydrogen-bond acceptors (Lipinski definition) is 6. The number of nitrogens with zero attached hydrogens (tertiary/aromatic N) is 3. The molecule has 0 atom stereocenters. The summed E-state index contributed by atoms with van der Waals surface area (Å²) in [5.41, 5.74) is 2.24. The van der Waals surface area contributed by atoms with Gasteiger partial charge in [0, 0.05) is 24.1 Å². The molecule has 4 rings (SSSR count). The Labute approximate surface area is 192 Å². The first-order valence-electron chi connectivity index (χ1n) is 10.6. The van der Waals surface area contributed by atoms with E-state index in [4.69, 9.17) is 9.73 Å². The minimum atomic E-state index is 0.0611. The standard InChI is InChI=1S/C24H27N3O2S2/c1-4-6-14-27-22(28)21(31-24(27)25-16-17-10-8-7-9-11-17)23-26(5-2)19-15-18(29-3)12-13-20(19)30-23/h7-13,15H,4-6,14,16H2,1-3H3/b23-21-,25-24?. The highest BCUT2D eigenvalue weighted by atomic mass is 32.2. The molecule has 0 aromatic heterocycles. The third kappa shape index (κ3) is 4.48. The number of amidine groups is 1. The third-order valence-electron chi connectivity index (χ3n) is 5.26. The van der Waals surface area contributed by atoms with Crippen LogP contribution in [0.4, 0.5) is 5.69 Å². The quantitative estimate of drug-likeness (QED) is 0.501. The SMILES string of the molecule is CCCCN1C(=O)/C(=C2/Sc3ccc(OC)cc3N2CC)SC1=NCc1ccccc1. The van der Waals surface area contributed by atoms with Gasteiger partial charge in [-0.15, -0.1) is 0 Å². The van der Waals surface area contributed by atoms with E-state index < -0.39 is 0 Å². The fraction of sp³-hybridized carbons (Fsp3) is 0.333. The molecule has 0 radical (unpaired) electrons. The summed E-state index contributed by atoms with van der Waals surface area (Å²) < 4.78 is 5.42. The number of carbonyl (C=O) groups is 1. The van der Waals surface area contributed by atoms with Gasteiger partial charge < -0.3 is 9.64 Å². The van der Waals surface area contributed by atoms with Crippen LogP contribution >= 0.6 is 23.5 Å². The van der Waals surface area contributed by atoms with Crippen LogP contribution in [-0.4, -0.2) is 36.2 Å². The molecule has 0 spiro atoms. The van der Waals surface area contributed by atoms with Gasteiger partial charge in [0.1, 0.15) is 15.7 Å². The summed E-state index contributed by atoms with van der Waals surface area (Å²) in [7, 11) is 1.68. The molecule has 2 aliphatic heterocycles. The Kier molecular flexibility index (Phi) is 6.92. The first kappa shape index (κ1) is 21.8. The minimum Gasteiger partial charge on any atom is -0.497 e. The average molecular weight is 454 g/mol. The second-order valence-electron chi connectivity index (χ2n) is 7.31. The van der Waals surface area contributed by atoms with Crippen LogP contribution in [0.25, 0.3) is 0 Å². The van der Waals surface area contributed by atoms with Crippen molar-refractivity contribution in [3.05, 3.63) is 64.0 Å². The molecule has 2 aromatic rings. The Morgan fingerprint density at radius 3 is 2.55 bits per heavy atom. The van der Waals surface area contributed by atoms with Crippen LogP contribution in [0.5, 0.6) is 5.75 Å². The van der Waals surface area contributed by atoms with Gasteiger partial charge in [0.15, 0.2) is 5.17 Å². The molecule has 7 heteroatoms. The van der Waals surface area contributed by atoms with E-state index in [1.807, 2.05) is 35.2 Å². The Morgan fingerprint density at radius 2 is 1.84 bits per heavy atom. The van der Waals surface area contributed by atoms with E-state index in [9.17, 15) is 4.79 Å². The van der Waals surface area contributed by atoms with Gasteiger partial charge in [0.05, 0.1) is 19.3 Å². The Morgan fingerprint density at radius 1 is 1.03 bits per heavy atom. The summed E-state index contributed by atoms with van der Waals surface area (Å²) in [4.78, 5) is 24.3. The molecule has 1 saturated heterocycles. The predicted octanol–water partition coefficient (Wildman–Crippen LogP) is 5.73. The van der Waals surface area contributed by atoms with Crippen molar-refractivity contribution in [2.45, 2.75) is 38.1 Å². The number of carbonyl (C=O) groups excluding carboxylic acids is 1. The zero-order valence-corrected chi connectivity index (χ0v) is 19.8. The van der Waals surface area contributed by atoms with Gasteiger partial charge in [0.2, 0.25) is 0 Å². The number of hydrogen-bond donors (Lipinski definition) is 0. The lowest BCUT2D eigenvalue weighted by atomic mass is 10.2. The summed E-state index contributed by atoms with van der Waals surface area (Å²) in [5, 5.41) is 1.79. The maximum Gasteiger partial charge on any atom is 0.269 e. The lowest BCUT2D eigenvalue weighted by Crippen LogP contribution is -2.31. The number of unbranched alkanes of at least 4 members (excludes halogenated alkanes) is 1. The van der Waals surface area contributed by atoms with E-state index in [2.05, 4.69) is 36.9 Å². The number of ether oxygens (including phenoxy) is 1. The average Bonchev–Trinajstić information content (AvgIpc) is 3.32. The Bertz CT molecular complexity index is 1020.